The van der Waals surface area contributed by atoms with E-state index in [2.05, 4.69) is 72.7 Å². The molecule has 3 nitrogen and oxygen atoms in total. The number of methoxy groups -OCH3 is 1. The van der Waals surface area contributed by atoms with Gasteiger partial charge in [0.05, 0.1) is 12.8 Å². The highest BCUT2D eigenvalue weighted by Gasteiger charge is 2.23. The van der Waals surface area contributed by atoms with Gasteiger partial charge < -0.3 is 9.47 Å². The Kier molecular flexibility index (Phi) is 13.1. The standard InChI is InChI=1S/C28H31NO2.C2H6.CH4S/c1-21(30-2)23-10-12-24(13-11-23)28(19-22-7-3-4-8-22)25-14-16-27(17-15-25)31-20-26-9-5-6-18-29-26;2*1-2/h5-6,9-18,22,28H,1,3-4,7-8,19-20H2,2H3;1-2H3;2H,1H3. The van der Waals surface area contributed by atoms with Crippen molar-refractivity contribution >= 4 is 18.4 Å². The van der Waals surface area contributed by atoms with Crippen LogP contribution >= 0.6 is 12.6 Å². The molecule has 1 fully saturated rings. The normalized spacial score (nSPS) is 13.5. The van der Waals surface area contributed by atoms with Crippen LogP contribution in [-0.4, -0.2) is 18.3 Å². The van der Waals surface area contributed by atoms with E-state index in [4.69, 9.17) is 9.47 Å². The molecule has 0 radical (unpaired) electrons. The van der Waals surface area contributed by atoms with E-state index in [-0.39, 0.29) is 0 Å². The van der Waals surface area contributed by atoms with E-state index in [0.29, 0.717) is 18.3 Å². The molecule has 0 bridgehead atoms. The summed E-state index contributed by atoms with van der Waals surface area (Å²) in [6.45, 7) is 8.45. The van der Waals surface area contributed by atoms with Crippen LogP contribution in [0.3, 0.4) is 0 Å². The highest BCUT2D eigenvalue weighted by atomic mass is 32.1. The number of thiol groups is 1. The third kappa shape index (κ3) is 8.78. The summed E-state index contributed by atoms with van der Waals surface area (Å²) in [5.74, 6) is 2.77. The first-order chi connectivity index (χ1) is 17.2. The van der Waals surface area contributed by atoms with Gasteiger partial charge in [-0.05, 0) is 54.0 Å². The van der Waals surface area contributed by atoms with Crippen LogP contribution < -0.4 is 4.74 Å². The first kappa shape index (κ1) is 28.5. The summed E-state index contributed by atoms with van der Waals surface area (Å²) in [6.07, 6.45) is 10.1. The SMILES string of the molecule is C=C(OC)c1ccc(C(CC2CCCC2)c2ccc(OCc3ccccn3)cc2)cc1.CC.CS. The van der Waals surface area contributed by atoms with Crippen molar-refractivity contribution in [2.75, 3.05) is 13.4 Å². The monoisotopic (exact) mass is 491 g/mol. The van der Waals surface area contributed by atoms with Gasteiger partial charge in [-0.1, -0.05) is 88.6 Å². The fourth-order valence-corrected chi connectivity index (χ4v) is 4.50. The maximum absolute atomic E-state index is 5.93. The van der Waals surface area contributed by atoms with Crippen LogP contribution in [0, 0.1) is 5.92 Å². The Hall–Kier alpha value is -2.72. The van der Waals surface area contributed by atoms with E-state index >= 15 is 0 Å². The largest absolute Gasteiger partial charge is 0.497 e. The number of pyridine rings is 1. The van der Waals surface area contributed by atoms with E-state index in [1.165, 1.54) is 43.2 Å². The Morgan fingerprint density at radius 3 is 2.09 bits per heavy atom. The zero-order chi connectivity index (χ0) is 25.5. The van der Waals surface area contributed by atoms with Gasteiger partial charge in [0, 0.05) is 17.7 Å². The average molecular weight is 492 g/mol. The van der Waals surface area contributed by atoms with Gasteiger partial charge in [0.1, 0.15) is 18.1 Å². The molecule has 1 heterocycles. The van der Waals surface area contributed by atoms with Gasteiger partial charge in [-0.2, -0.15) is 12.6 Å². The molecule has 188 valence electrons. The molecule has 4 heteroatoms. The summed E-state index contributed by atoms with van der Waals surface area (Å²) in [5.41, 5.74) is 4.66. The Balaban J connectivity index is 0.00000103. The van der Waals surface area contributed by atoms with Crippen molar-refractivity contribution in [3.63, 3.8) is 0 Å². The van der Waals surface area contributed by atoms with Crippen LogP contribution in [0.4, 0.5) is 0 Å². The van der Waals surface area contributed by atoms with Gasteiger partial charge >= 0.3 is 0 Å². The lowest BCUT2D eigenvalue weighted by Crippen LogP contribution is -2.07. The number of nitrogens with zero attached hydrogens (tertiary/aromatic N) is 1. The van der Waals surface area contributed by atoms with Gasteiger partial charge in [0.2, 0.25) is 0 Å². The van der Waals surface area contributed by atoms with E-state index in [1.807, 2.05) is 32.0 Å². The Labute approximate surface area is 218 Å². The van der Waals surface area contributed by atoms with Gasteiger partial charge in [0.15, 0.2) is 0 Å². The fraction of sp³-hybridized carbons (Fsp3) is 0.387. The van der Waals surface area contributed by atoms with Crippen LogP contribution in [0.2, 0.25) is 0 Å². The van der Waals surface area contributed by atoms with Crippen molar-refractivity contribution in [2.24, 2.45) is 5.92 Å². The second-order valence-corrected chi connectivity index (χ2v) is 8.37. The topological polar surface area (TPSA) is 31.4 Å². The van der Waals surface area contributed by atoms with Crippen molar-refractivity contribution in [3.05, 3.63) is 102 Å². The van der Waals surface area contributed by atoms with Gasteiger partial charge in [-0.3, -0.25) is 4.98 Å². The number of benzene rings is 2. The first-order valence-electron chi connectivity index (χ1n) is 12.6. The molecule has 1 aliphatic carbocycles. The molecule has 1 unspecified atom stereocenters. The molecule has 35 heavy (non-hydrogen) atoms. The molecule has 1 aliphatic rings. The summed E-state index contributed by atoms with van der Waals surface area (Å²) >= 11 is 3.53. The molecule has 3 aromatic rings. The molecule has 2 aromatic carbocycles. The molecule has 0 amide bonds. The van der Waals surface area contributed by atoms with Crippen LogP contribution in [0.15, 0.2) is 79.5 Å². The van der Waals surface area contributed by atoms with E-state index in [0.717, 1.165) is 22.9 Å². The molecule has 0 saturated heterocycles. The first-order valence-corrected chi connectivity index (χ1v) is 13.5. The number of aromatic nitrogens is 1. The molecule has 0 spiro atoms. The van der Waals surface area contributed by atoms with E-state index < -0.39 is 0 Å². The van der Waals surface area contributed by atoms with Crippen molar-refractivity contribution < 1.29 is 9.47 Å². The minimum absolute atomic E-state index is 0.387. The Morgan fingerprint density at radius 2 is 1.54 bits per heavy atom. The maximum Gasteiger partial charge on any atom is 0.130 e. The lowest BCUT2D eigenvalue weighted by atomic mass is 9.83. The van der Waals surface area contributed by atoms with E-state index in [9.17, 15) is 0 Å². The summed E-state index contributed by atoms with van der Waals surface area (Å²) in [4.78, 5) is 4.32. The highest BCUT2D eigenvalue weighted by molar-refractivity contribution is 7.79. The minimum Gasteiger partial charge on any atom is -0.497 e. The zero-order valence-corrected chi connectivity index (χ0v) is 22.6. The van der Waals surface area contributed by atoms with Crippen LogP contribution in [-0.2, 0) is 11.3 Å². The molecule has 1 saturated carbocycles. The average Bonchev–Trinajstić information content (AvgIpc) is 3.47. The number of rotatable bonds is 9. The summed E-state index contributed by atoms with van der Waals surface area (Å²) < 4.78 is 11.2. The molecule has 0 N–H and O–H groups in total. The second-order valence-electron chi connectivity index (χ2n) is 8.37. The fourth-order valence-electron chi connectivity index (χ4n) is 4.50. The number of hydrogen-bond acceptors (Lipinski definition) is 4. The molecular formula is C31H41NO2S. The van der Waals surface area contributed by atoms with Crippen molar-refractivity contribution in [3.8, 4) is 5.75 Å². The number of hydrogen-bond donors (Lipinski definition) is 1. The summed E-state index contributed by atoms with van der Waals surface area (Å²) in [7, 11) is 1.66. The Bertz CT molecular complexity index is 965. The lowest BCUT2D eigenvalue weighted by Gasteiger charge is -2.22. The van der Waals surface area contributed by atoms with Gasteiger partial charge in [-0.15, -0.1) is 0 Å². The lowest BCUT2D eigenvalue weighted by molar-refractivity contribution is 0.301. The molecule has 1 atom stereocenters. The number of ether oxygens (including phenoxy) is 2. The van der Waals surface area contributed by atoms with Crippen molar-refractivity contribution in [2.45, 2.75) is 58.5 Å². The van der Waals surface area contributed by atoms with Crippen LogP contribution in [0.25, 0.3) is 5.76 Å². The minimum atomic E-state index is 0.387. The molecule has 0 aliphatic heterocycles. The van der Waals surface area contributed by atoms with Crippen molar-refractivity contribution in [1.29, 1.82) is 0 Å². The molecule has 4 rings (SSSR count). The highest BCUT2D eigenvalue weighted by Crippen LogP contribution is 2.38. The third-order valence-corrected chi connectivity index (χ3v) is 6.32. The van der Waals surface area contributed by atoms with Crippen LogP contribution in [0.1, 0.15) is 74.3 Å². The molecule has 1 aromatic heterocycles. The summed E-state index contributed by atoms with van der Waals surface area (Å²) in [5, 5.41) is 0. The van der Waals surface area contributed by atoms with E-state index in [1.54, 1.807) is 19.6 Å². The predicted molar refractivity (Wildman–Crippen MR) is 152 cm³/mol. The van der Waals surface area contributed by atoms with Crippen molar-refractivity contribution in [1.82, 2.24) is 4.98 Å². The Morgan fingerprint density at radius 1 is 0.943 bits per heavy atom. The second kappa shape index (κ2) is 16.0. The smallest absolute Gasteiger partial charge is 0.130 e. The van der Waals surface area contributed by atoms with Gasteiger partial charge in [-0.25, -0.2) is 0 Å². The van der Waals surface area contributed by atoms with Gasteiger partial charge in [0.25, 0.3) is 0 Å². The maximum atomic E-state index is 5.93. The zero-order valence-electron chi connectivity index (χ0n) is 21.7. The third-order valence-electron chi connectivity index (χ3n) is 6.32. The van der Waals surface area contributed by atoms with Crippen LogP contribution in [0.5, 0.6) is 5.75 Å². The quantitative estimate of drug-likeness (QED) is 0.240. The summed E-state index contributed by atoms with van der Waals surface area (Å²) in [6, 6.07) is 23.2. The molecular weight excluding hydrogens is 450 g/mol. The predicted octanol–water partition coefficient (Wildman–Crippen LogP) is 8.56.